The maximum Gasteiger partial charge on any atom is 0.263 e. The summed E-state index contributed by atoms with van der Waals surface area (Å²) in [4.78, 5) is 18.5. The zero-order valence-electron chi connectivity index (χ0n) is 12.1. The van der Waals surface area contributed by atoms with Crippen LogP contribution in [0.2, 0.25) is 0 Å². The maximum atomic E-state index is 14.5. The van der Waals surface area contributed by atoms with E-state index in [1.807, 2.05) is 0 Å². The van der Waals surface area contributed by atoms with Crippen LogP contribution >= 0.6 is 11.3 Å². The Morgan fingerprint density at radius 2 is 2.10 bits per heavy atom. The number of amides is 1. The molecule has 2 heterocycles. The van der Waals surface area contributed by atoms with Crippen molar-refractivity contribution < 1.29 is 9.18 Å². The van der Waals surface area contributed by atoms with E-state index in [0.717, 1.165) is 31.2 Å². The van der Waals surface area contributed by atoms with Gasteiger partial charge in [0.2, 0.25) is 0 Å². The molecule has 0 bridgehead atoms. The molecule has 2 aromatic heterocycles. The fraction of sp³-hybridized carbons (Fsp3) is 0.467. The molecule has 0 atom stereocenters. The predicted octanol–water partition coefficient (Wildman–Crippen LogP) is 3.38. The number of pyridine rings is 1. The summed E-state index contributed by atoms with van der Waals surface area (Å²) < 4.78 is 15.2. The number of halogens is 1. The Morgan fingerprint density at radius 1 is 1.43 bits per heavy atom. The first kappa shape index (κ1) is 14.3. The summed E-state index contributed by atoms with van der Waals surface area (Å²) in [6.07, 6.45) is 5.82. The Balaban J connectivity index is 2.29. The molecule has 0 spiro atoms. The summed E-state index contributed by atoms with van der Waals surface area (Å²) in [5.74, 6) is -0.406. The lowest BCUT2D eigenvalue weighted by Crippen LogP contribution is -2.22. The summed E-state index contributed by atoms with van der Waals surface area (Å²) in [6.45, 7) is 0. The molecular formula is C15H18FN3OS. The summed E-state index contributed by atoms with van der Waals surface area (Å²) in [6, 6.07) is 0. The van der Waals surface area contributed by atoms with Crippen molar-refractivity contribution in [2.45, 2.75) is 31.6 Å². The first-order valence-corrected chi connectivity index (χ1v) is 7.90. The zero-order chi connectivity index (χ0) is 15.1. The van der Waals surface area contributed by atoms with Crippen LogP contribution in [0.15, 0.2) is 6.20 Å². The van der Waals surface area contributed by atoms with Crippen molar-refractivity contribution in [1.82, 2.24) is 9.88 Å². The average Bonchev–Trinajstić information content (AvgIpc) is 3.08. The number of aromatic nitrogens is 1. The Morgan fingerprint density at radius 3 is 2.71 bits per heavy atom. The van der Waals surface area contributed by atoms with Crippen LogP contribution in [0, 0.1) is 5.82 Å². The van der Waals surface area contributed by atoms with Gasteiger partial charge >= 0.3 is 0 Å². The van der Waals surface area contributed by atoms with Gasteiger partial charge in [-0.05, 0) is 24.3 Å². The Kier molecular flexibility index (Phi) is 3.57. The topological polar surface area (TPSA) is 59.2 Å². The molecule has 0 unspecified atom stereocenters. The van der Waals surface area contributed by atoms with Crippen LogP contribution in [0.3, 0.4) is 0 Å². The first-order chi connectivity index (χ1) is 10.0. The van der Waals surface area contributed by atoms with Crippen LogP contribution in [0.25, 0.3) is 10.1 Å². The van der Waals surface area contributed by atoms with E-state index in [-0.39, 0.29) is 17.6 Å². The average molecular weight is 307 g/mol. The highest BCUT2D eigenvalue weighted by molar-refractivity contribution is 7.21. The number of thiophene rings is 1. The summed E-state index contributed by atoms with van der Waals surface area (Å²) >= 11 is 1.32. The molecule has 3 rings (SSSR count). The lowest BCUT2D eigenvalue weighted by molar-refractivity contribution is 0.0831. The van der Waals surface area contributed by atoms with Gasteiger partial charge in [-0.1, -0.05) is 12.8 Å². The van der Waals surface area contributed by atoms with Gasteiger partial charge in [0.1, 0.15) is 0 Å². The molecule has 1 saturated carbocycles. The minimum atomic E-state index is -0.483. The van der Waals surface area contributed by atoms with Crippen molar-refractivity contribution in [1.29, 1.82) is 0 Å². The van der Waals surface area contributed by atoms with Crippen molar-refractivity contribution in [2.24, 2.45) is 0 Å². The fourth-order valence-electron chi connectivity index (χ4n) is 3.06. The van der Waals surface area contributed by atoms with Crippen molar-refractivity contribution >= 4 is 33.1 Å². The molecule has 1 fully saturated rings. The maximum absolute atomic E-state index is 14.5. The third-order valence-electron chi connectivity index (χ3n) is 4.10. The summed E-state index contributed by atoms with van der Waals surface area (Å²) in [7, 11) is 3.43. The van der Waals surface area contributed by atoms with E-state index in [4.69, 9.17) is 5.73 Å². The molecule has 0 saturated heterocycles. The van der Waals surface area contributed by atoms with E-state index in [2.05, 4.69) is 4.98 Å². The molecule has 1 aliphatic carbocycles. The highest BCUT2D eigenvalue weighted by Crippen LogP contribution is 2.44. The number of hydrogen-bond donors (Lipinski definition) is 1. The molecule has 0 aromatic carbocycles. The van der Waals surface area contributed by atoms with Gasteiger partial charge in [0, 0.05) is 25.7 Å². The van der Waals surface area contributed by atoms with E-state index < -0.39 is 5.82 Å². The van der Waals surface area contributed by atoms with Crippen LogP contribution in [-0.2, 0) is 0 Å². The molecule has 6 heteroatoms. The molecule has 0 radical (unpaired) electrons. The van der Waals surface area contributed by atoms with Crippen molar-refractivity contribution in [3.05, 3.63) is 22.5 Å². The zero-order valence-corrected chi connectivity index (χ0v) is 13.0. The number of carbonyl (C=O) groups is 1. The molecule has 2 N–H and O–H groups in total. The number of fused-ring (bicyclic) bond motifs is 1. The third-order valence-corrected chi connectivity index (χ3v) is 5.23. The van der Waals surface area contributed by atoms with E-state index in [1.165, 1.54) is 16.2 Å². The molecule has 2 aromatic rings. The van der Waals surface area contributed by atoms with Gasteiger partial charge in [0.15, 0.2) is 11.6 Å². The SMILES string of the molecule is CN(C)C(=O)c1sc2cnc(N)c(F)c2c1C1CCCC1. The summed E-state index contributed by atoms with van der Waals surface area (Å²) in [5.41, 5.74) is 6.47. The van der Waals surface area contributed by atoms with Gasteiger partial charge in [-0.15, -0.1) is 11.3 Å². The van der Waals surface area contributed by atoms with Crippen LogP contribution in [0.5, 0.6) is 0 Å². The monoisotopic (exact) mass is 307 g/mol. The van der Waals surface area contributed by atoms with Gasteiger partial charge in [0.05, 0.1) is 9.58 Å². The predicted molar refractivity (Wildman–Crippen MR) is 83.2 cm³/mol. The third kappa shape index (κ3) is 2.27. The second kappa shape index (κ2) is 5.26. The minimum Gasteiger partial charge on any atom is -0.381 e. The van der Waals surface area contributed by atoms with Crippen molar-refractivity contribution in [2.75, 3.05) is 19.8 Å². The van der Waals surface area contributed by atoms with Crippen LogP contribution in [-0.4, -0.2) is 29.9 Å². The van der Waals surface area contributed by atoms with Gasteiger partial charge in [0.25, 0.3) is 5.91 Å². The number of hydrogen-bond acceptors (Lipinski definition) is 4. The van der Waals surface area contributed by atoms with Gasteiger partial charge in [-0.3, -0.25) is 4.79 Å². The second-order valence-electron chi connectivity index (χ2n) is 5.72. The lowest BCUT2D eigenvalue weighted by atomic mass is 9.94. The molecule has 112 valence electrons. The van der Waals surface area contributed by atoms with Gasteiger partial charge < -0.3 is 10.6 Å². The second-order valence-corrected chi connectivity index (χ2v) is 6.77. The Bertz CT molecular complexity index is 704. The van der Waals surface area contributed by atoms with Gasteiger partial charge in [-0.25, -0.2) is 9.37 Å². The Hall–Kier alpha value is -1.69. The minimum absolute atomic E-state index is 0.0731. The lowest BCUT2D eigenvalue weighted by Gasteiger charge is -2.15. The van der Waals surface area contributed by atoms with E-state index in [0.29, 0.717) is 15.0 Å². The number of nitrogens with zero attached hydrogens (tertiary/aromatic N) is 2. The number of nitrogen functional groups attached to an aromatic ring is 1. The van der Waals surface area contributed by atoms with E-state index in [1.54, 1.807) is 20.3 Å². The normalized spacial score (nSPS) is 15.8. The van der Waals surface area contributed by atoms with E-state index in [9.17, 15) is 9.18 Å². The van der Waals surface area contributed by atoms with Gasteiger partial charge in [-0.2, -0.15) is 0 Å². The Labute approximate surface area is 126 Å². The quantitative estimate of drug-likeness (QED) is 0.925. The highest BCUT2D eigenvalue weighted by Gasteiger charge is 2.30. The van der Waals surface area contributed by atoms with Crippen LogP contribution in [0.1, 0.15) is 46.8 Å². The molecular weight excluding hydrogens is 289 g/mol. The standard InChI is InChI=1S/C15H18FN3OS/c1-19(2)15(20)13-10(8-5-3-4-6-8)11-9(21-13)7-18-14(17)12(11)16/h7-8H,3-6H2,1-2H3,(H2,17,18). The number of carbonyl (C=O) groups excluding carboxylic acids is 1. The molecule has 1 aliphatic rings. The van der Waals surface area contributed by atoms with E-state index >= 15 is 0 Å². The fourth-order valence-corrected chi connectivity index (χ4v) is 4.33. The molecule has 4 nitrogen and oxygen atoms in total. The van der Waals surface area contributed by atoms with Crippen molar-refractivity contribution in [3.63, 3.8) is 0 Å². The smallest absolute Gasteiger partial charge is 0.263 e. The van der Waals surface area contributed by atoms with Crippen LogP contribution in [0.4, 0.5) is 10.2 Å². The first-order valence-electron chi connectivity index (χ1n) is 7.08. The van der Waals surface area contributed by atoms with Crippen LogP contribution < -0.4 is 5.73 Å². The number of anilines is 1. The largest absolute Gasteiger partial charge is 0.381 e. The molecule has 1 amide bonds. The molecule has 0 aliphatic heterocycles. The summed E-state index contributed by atoms with van der Waals surface area (Å²) in [5, 5.41) is 0.504. The van der Waals surface area contributed by atoms with Crippen molar-refractivity contribution in [3.8, 4) is 0 Å². The highest BCUT2D eigenvalue weighted by atomic mass is 32.1. The number of rotatable bonds is 2. The number of nitrogens with two attached hydrogens (primary N) is 1. The molecule has 21 heavy (non-hydrogen) atoms.